The molecule has 2 aromatic carbocycles. The number of piperidine rings is 1. The molecule has 28 heavy (non-hydrogen) atoms. The molecular formula is C24H27N3O. The molecule has 1 aliphatic rings. The highest BCUT2D eigenvalue weighted by molar-refractivity contribution is 5.97. The molecule has 144 valence electrons. The number of nitriles is 1. The van der Waals surface area contributed by atoms with E-state index in [2.05, 4.69) is 30.3 Å². The minimum atomic E-state index is -0.157. The molecule has 0 aromatic heterocycles. The lowest BCUT2D eigenvalue weighted by Gasteiger charge is -2.32. The first-order valence-electron chi connectivity index (χ1n) is 9.98. The Balaban J connectivity index is 1.62. The van der Waals surface area contributed by atoms with Crippen molar-refractivity contribution in [3.8, 4) is 6.07 Å². The number of rotatable bonds is 6. The summed E-state index contributed by atoms with van der Waals surface area (Å²) in [5.74, 6) is 0.437. The predicted octanol–water partition coefficient (Wildman–Crippen LogP) is 4.40. The van der Waals surface area contributed by atoms with Gasteiger partial charge >= 0.3 is 0 Å². The number of hydrogen-bond acceptors (Lipinski definition) is 3. The van der Waals surface area contributed by atoms with E-state index in [1.165, 1.54) is 5.56 Å². The van der Waals surface area contributed by atoms with Gasteiger partial charge in [-0.05, 0) is 49.8 Å². The number of para-hydroxylation sites is 1. The van der Waals surface area contributed by atoms with E-state index in [1.54, 1.807) is 6.20 Å². The highest BCUT2D eigenvalue weighted by Gasteiger charge is 2.25. The van der Waals surface area contributed by atoms with E-state index in [0.717, 1.165) is 24.9 Å². The maximum absolute atomic E-state index is 12.9. The molecule has 3 rings (SSSR count). The minimum absolute atomic E-state index is 0.157. The maximum atomic E-state index is 12.9. The summed E-state index contributed by atoms with van der Waals surface area (Å²) in [4.78, 5) is 16.7. The summed E-state index contributed by atoms with van der Waals surface area (Å²) >= 11 is 0. The summed E-state index contributed by atoms with van der Waals surface area (Å²) in [6.07, 6.45) is 4.71. The molecule has 0 N–H and O–H groups in total. The zero-order valence-electron chi connectivity index (χ0n) is 16.4. The first-order chi connectivity index (χ1) is 13.7. The molecule has 0 saturated carbocycles. The third kappa shape index (κ3) is 5.01. The number of carbonyl (C=O) groups excluding carboxylic acids is 1. The Morgan fingerprint density at radius 1 is 1.11 bits per heavy atom. The second-order valence-electron chi connectivity index (χ2n) is 7.20. The van der Waals surface area contributed by atoms with Crippen LogP contribution in [0, 0.1) is 17.2 Å². The number of anilines is 1. The van der Waals surface area contributed by atoms with Crippen molar-refractivity contribution in [1.82, 2.24) is 4.90 Å². The first-order valence-corrected chi connectivity index (χ1v) is 9.98. The van der Waals surface area contributed by atoms with Crippen LogP contribution in [0.3, 0.4) is 0 Å². The van der Waals surface area contributed by atoms with Gasteiger partial charge in [0.2, 0.25) is 0 Å². The maximum Gasteiger partial charge on any atom is 0.266 e. The highest BCUT2D eigenvalue weighted by atomic mass is 16.2. The fourth-order valence-electron chi connectivity index (χ4n) is 3.71. The molecule has 0 bridgehead atoms. The van der Waals surface area contributed by atoms with Gasteiger partial charge in [-0.1, -0.05) is 48.5 Å². The van der Waals surface area contributed by atoms with Crippen LogP contribution in [0.15, 0.2) is 72.4 Å². The van der Waals surface area contributed by atoms with Gasteiger partial charge in [0.1, 0.15) is 11.6 Å². The Morgan fingerprint density at radius 3 is 2.29 bits per heavy atom. The fourth-order valence-corrected chi connectivity index (χ4v) is 3.71. The van der Waals surface area contributed by atoms with E-state index in [0.29, 0.717) is 25.6 Å². The van der Waals surface area contributed by atoms with Crippen molar-refractivity contribution in [2.45, 2.75) is 26.2 Å². The molecule has 1 aliphatic heterocycles. The molecule has 1 heterocycles. The molecule has 4 nitrogen and oxygen atoms in total. The van der Waals surface area contributed by atoms with Gasteiger partial charge in [0.25, 0.3) is 5.91 Å². The Labute approximate surface area is 167 Å². The van der Waals surface area contributed by atoms with Crippen molar-refractivity contribution < 1.29 is 4.79 Å². The lowest BCUT2D eigenvalue weighted by Crippen LogP contribution is -2.40. The zero-order chi connectivity index (χ0) is 19.8. The van der Waals surface area contributed by atoms with E-state index in [-0.39, 0.29) is 11.5 Å². The molecule has 0 atom stereocenters. The van der Waals surface area contributed by atoms with Crippen molar-refractivity contribution >= 4 is 11.6 Å². The fraction of sp³-hybridized carbons (Fsp3) is 0.333. The van der Waals surface area contributed by atoms with E-state index in [4.69, 9.17) is 0 Å². The van der Waals surface area contributed by atoms with Gasteiger partial charge in [0.15, 0.2) is 0 Å². The van der Waals surface area contributed by atoms with Crippen LogP contribution in [0.5, 0.6) is 0 Å². The summed E-state index contributed by atoms with van der Waals surface area (Å²) in [7, 11) is 0. The predicted molar refractivity (Wildman–Crippen MR) is 113 cm³/mol. The first kappa shape index (κ1) is 19.7. The van der Waals surface area contributed by atoms with Crippen LogP contribution in [0.4, 0.5) is 5.69 Å². The van der Waals surface area contributed by atoms with Crippen LogP contribution in [0.1, 0.15) is 25.3 Å². The number of amides is 1. The van der Waals surface area contributed by atoms with Crippen molar-refractivity contribution in [2.75, 3.05) is 24.5 Å². The molecule has 4 heteroatoms. The molecule has 1 amide bonds. The topological polar surface area (TPSA) is 47.3 Å². The van der Waals surface area contributed by atoms with Crippen LogP contribution in [0.25, 0.3) is 0 Å². The molecular weight excluding hydrogens is 346 g/mol. The zero-order valence-corrected chi connectivity index (χ0v) is 16.4. The second-order valence-corrected chi connectivity index (χ2v) is 7.20. The number of nitrogens with zero attached hydrogens (tertiary/aromatic N) is 3. The monoisotopic (exact) mass is 373 g/mol. The van der Waals surface area contributed by atoms with Crippen LogP contribution < -0.4 is 4.90 Å². The number of likely N-dealkylation sites (tertiary alicyclic amines) is 1. The molecule has 1 saturated heterocycles. The summed E-state index contributed by atoms with van der Waals surface area (Å²) in [6.45, 7) is 4.14. The van der Waals surface area contributed by atoms with E-state index < -0.39 is 0 Å². The number of carbonyl (C=O) groups is 1. The Kier molecular flexibility index (Phi) is 6.86. The van der Waals surface area contributed by atoms with E-state index in [1.807, 2.05) is 53.1 Å². The number of hydrogen-bond donors (Lipinski definition) is 0. The van der Waals surface area contributed by atoms with Gasteiger partial charge in [-0.15, -0.1) is 0 Å². The van der Waals surface area contributed by atoms with Crippen LogP contribution in [-0.4, -0.2) is 30.4 Å². The highest BCUT2D eigenvalue weighted by Crippen LogP contribution is 2.23. The Hall–Kier alpha value is -3.06. The molecule has 0 unspecified atom stereocenters. The molecule has 2 aromatic rings. The number of benzene rings is 2. The molecule has 0 radical (unpaired) electrons. The van der Waals surface area contributed by atoms with Gasteiger partial charge in [0, 0.05) is 31.5 Å². The Morgan fingerprint density at radius 2 is 1.71 bits per heavy atom. The van der Waals surface area contributed by atoms with Gasteiger partial charge in [-0.25, -0.2) is 0 Å². The Bertz CT molecular complexity index is 831. The van der Waals surface area contributed by atoms with Crippen molar-refractivity contribution in [3.05, 3.63) is 78.0 Å². The van der Waals surface area contributed by atoms with Crippen molar-refractivity contribution in [1.29, 1.82) is 5.26 Å². The van der Waals surface area contributed by atoms with Crippen LogP contribution in [0.2, 0.25) is 0 Å². The lowest BCUT2D eigenvalue weighted by molar-refractivity contribution is -0.128. The smallest absolute Gasteiger partial charge is 0.266 e. The summed E-state index contributed by atoms with van der Waals surface area (Å²) < 4.78 is 0. The summed E-state index contributed by atoms with van der Waals surface area (Å²) in [5.41, 5.74) is 2.53. The van der Waals surface area contributed by atoms with Gasteiger partial charge < -0.3 is 9.80 Å². The van der Waals surface area contributed by atoms with E-state index in [9.17, 15) is 10.1 Å². The van der Waals surface area contributed by atoms with Gasteiger partial charge in [-0.3, -0.25) is 4.79 Å². The minimum Gasteiger partial charge on any atom is -0.347 e. The molecule has 0 aliphatic carbocycles. The standard InChI is InChI=1S/C24H27N3O/c1-2-26(23-11-7-4-8-12-23)19-22(18-25)24(28)27-15-13-21(14-16-27)17-20-9-5-3-6-10-20/h3-12,19,21H,2,13-17H2,1H3/b22-19-. The lowest BCUT2D eigenvalue weighted by atomic mass is 9.90. The third-order valence-electron chi connectivity index (χ3n) is 5.33. The summed E-state index contributed by atoms with van der Waals surface area (Å²) in [6, 6.07) is 22.5. The molecule has 1 fully saturated rings. The van der Waals surface area contributed by atoms with Gasteiger partial charge in [0.05, 0.1) is 0 Å². The quantitative estimate of drug-likeness (QED) is 0.557. The van der Waals surface area contributed by atoms with Gasteiger partial charge in [-0.2, -0.15) is 5.26 Å². The average molecular weight is 374 g/mol. The second kappa shape index (κ2) is 9.75. The third-order valence-corrected chi connectivity index (χ3v) is 5.33. The van der Waals surface area contributed by atoms with Crippen LogP contribution >= 0.6 is 0 Å². The SMILES string of the molecule is CCN(/C=C(/C#N)C(=O)N1CCC(Cc2ccccc2)CC1)c1ccccc1. The van der Waals surface area contributed by atoms with Crippen molar-refractivity contribution in [2.24, 2.45) is 5.92 Å². The summed E-state index contributed by atoms with van der Waals surface area (Å²) in [5, 5.41) is 9.57. The van der Waals surface area contributed by atoms with E-state index >= 15 is 0 Å². The molecule has 0 spiro atoms. The van der Waals surface area contributed by atoms with Crippen LogP contribution in [-0.2, 0) is 11.2 Å². The average Bonchev–Trinajstić information content (AvgIpc) is 2.76. The normalized spacial score (nSPS) is 15.1. The van der Waals surface area contributed by atoms with Crippen molar-refractivity contribution in [3.63, 3.8) is 0 Å². The largest absolute Gasteiger partial charge is 0.347 e.